The van der Waals surface area contributed by atoms with E-state index in [0.29, 0.717) is 30.3 Å². The first-order valence-electron chi connectivity index (χ1n) is 9.24. The van der Waals surface area contributed by atoms with Crippen LogP contribution in [0.1, 0.15) is 15.9 Å². The summed E-state index contributed by atoms with van der Waals surface area (Å²) in [6.45, 7) is 0.888. The number of carbonyl (C=O) groups excluding carboxylic acids is 1. The maximum atomic E-state index is 12.6. The normalized spacial score (nSPS) is 11.0. The Hall–Kier alpha value is -3.31. The maximum Gasteiger partial charge on any atom is 0.185 e. The van der Waals surface area contributed by atoms with Crippen LogP contribution in [0.4, 0.5) is 0 Å². The van der Waals surface area contributed by atoms with Crippen LogP contribution in [0.25, 0.3) is 16.8 Å². The zero-order valence-electron chi connectivity index (χ0n) is 16.8. The lowest BCUT2D eigenvalue weighted by Gasteiger charge is -2.11. The lowest BCUT2D eigenvalue weighted by atomic mass is 10.0. The van der Waals surface area contributed by atoms with Crippen molar-refractivity contribution in [2.75, 3.05) is 34.5 Å². The Kier molecular flexibility index (Phi) is 6.87. The maximum absolute atomic E-state index is 12.6. The second kappa shape index (κ2) is 9.75. The number of hydrogen-bond acceptors (Lipinski definition) is 5. The van der Waals surface area contributed by atoms with E-state index in [2.05, 4.69) is 0 Å². The number of benzene rings is 3. The molecule has 0 bridgehead atoms. The molecule has 0 N–H and O–H groups in total. The van der Waals surface area contributed by atoms with Gasteiger partial charge in [0, 0.05) is 12.7 Å². The van der Waals surface area contributed by atoms with Gasteiger partial charge in [-0.2, -0.15) is 0 Å². The van der Waals surface area contributed by atoms with Gasteiger partial charge in [0.05, 0.1) is 20.8 Å². The molecule has 150 valence electrons. The number of rotatable bonds is 9. The summed E-state index contributed by atoms with van der Waals surface area (Å²) in [5, 5.41) is 2.17. The molecule has 5 heteroatoms. The standard InChI is InChI=1S/C24H24O5/c1-26-12-13-29-23-11-8-20(16-24(23)28-3)22(25)10-5-17-4-6-19-15-21(27-2)9-7-18(19)14-17/h4-11,14-16H,12-13H2,1-3H3/b10-5+. The van der Waals surface area contributed by atoms with Crippen LogP contribution in [0, 0.1) is 0 Å². The van der Waals surface area contributed by atoms with Crippen molar-refractivity contribution < 1.29 is 23.7 Å². The van der Waals surface area contributed by atoms with Crippen molar-refractivity contribution in [1.29, 1.82) is 0 Å². The molecule has 0 saturated heterocycles. The summed E-state index contributed by atoms with van der Waals surface area (Å²) in [7, 11) is 4.81. The first-order valence-corrected chi connectivity index (χ1v) is 9.24. The number of hydrogen-bond donors (Lipinski definition) is 0. The molecule has 0 aliphatic carbocycles. The van der Waals surface area contributed by atoms with E-state index in [1.54, 1.807) is 45.6 Å². The third-order valence-corrected chi connectivity index (χ3v) is 4.49. The minimum absolute atomic E-state index is 0.110. The van der Waals surface area contributed by atoms with Crippen molar-refractivity contribution in [3.63, 3.8) is 0 Å². The average molecular weight is 392 g/mol. The lowest BCUT2D eigenvalue weighted by Crippen LogP contribution is -2.06. The Balaban J connectivity index is 1.75. The highest BCUT2D eigenvalue weighted by Crippen LogP contribution is 2.28. The van der Waals surface area contributed by atoms with Crippen LogP contribution in [0.15, 0.2) is 60.7 Å². The van der Waals surface area contributed by atoms with Crippen LogP contribution in [0.5, 0.6) is 17.2 Å². The summed E-state index contributed by atoms with van der Waals surface area (Å²) >= 11 is 0. The van der Waals surface area contributed by atoms with Crippen molar-refractivity contribution in [3.8, 4) is 17.2 Å². The minimum atomic E-state index is -0.110. The summed E-state index contributed by atoms with van der Waals surface area (Å²) in [5.41, 5.74) is 1.48. The van der Waals surface area contributed by atoms with Crippen LogP contribution in [-0.2, 0) is 4.74 Å². The number of ether oxygens (including phenoxy) is 4. The van der Waals surface area contributed by atoms with Crippen molar-refractivity contribution in [1.82, 2.24) is 0 Å². The molecule has 3 aromatic carbocycles. The predicted octanol–water partition coefficient (Wildman–Crippen LogP) is 4.78. The van der Waals surface area contributed by atoms with Gasteiger partial charge in [-0.1, -0.05) is 24.3 Å². The number of allylic oxidation sites excluding steroid dienone is 1. The number of carbonyl (C=O) groups is 1. The van der Waals surface area contributed by atoms with E-state index >= 15 is 0 Å². The van der Waals surface area contributed by atoms with Gasteiger partial charge < -0.3 is 18.9 Å². The Morgan fingerprint density at radius 3 is 2.38 bits per heavy atom. The van der Waals surface area contributed by atoms with E-state index in [1.165, 1.54) is 0 Å². The second-order valence-electron chi connectivity index (χ2n) is 6.38. The van der Waals surface area contributed by atoms with Gasteiger partial charge in [0.15, 0.2) is 17.3 Å². The molecule has 5 nitrogen and oxygen atoms in total. The molecule has 0 heterocycles. The first kappa shape index (κ1) is 20.4. The molecule has 3 aromatic rings. The number of fused-ring (bicyclic) bond motifs is 1. The molecule has 0 aromatic heterocycles. The van der Waals surface area contributed by atoms with Gasteiger partial charge in [-0.15, -0.1) is 0 Å². The van der Waals surface area contributed by atoms with Crippen molar-refractivity contribution in [2.24, 2.45) is 0 Å². The molecule has 29 heavy (non-hydrogen) atoms. The van der Waals surface area contributed by atoms with Crippen molar-refractivity contribution in [2.45, 2.75) is 0 Å². The number of methoxy groups -OCH3 is 3. The molecular formula is C24H24O5. The smallest absolute Gasteiger partial charge is 0.185 e. The van der Waals surface area contributed by atoms with Crippen LogP contribution in [0.2, 0.25) is 0 Å². The third-order valence-electron chi connectivity index (χ3n) is 4.49. The summed E-state index contributed by atoms with van der Waals surface area (Å²) in [4.78, 5) is 12.6. The molecule has 3 rings (SSSR count). The lowest BCUT2D eigenvalue weighted by molar-refractivity contribution is 0.104. The molecule has 0 amide bonds. The van der Waals surface area contributed by atoms with Crippen LogP contribution in [-0.4, -0.2) is 40.3 Å². The highest BCUT2D eigenvalue weighted by atomic mass is 16.5. The van der Waals surface area contributed by atoms with E-state index in [4.69, 9.17) is 18.9 Å². The van der Waals surface area contributed by atoms with Gasteiger partial charge in [-0.25, -0.2) is 0 Å². The molecule has 0 spiro atoms. The van der Waals surface area contributed by atoms with Crippen LogP contribution >= 0.6 is 0 Å². The summed E-state index contributed by atoms with van der Waals surface area (Å²) in [6.07, 6.45) is 3.37. The topological polar surface area (TPSA) is 54.0 Å². The fraction of sp³-hybridized carbons (Fsp3) is 0.208. The second-order valence-corrected chi connectivity index (χ2v) is 6.38. The first-order chi connectivity index (χ1) is 14.1. The molecule has 0 aliphatic rings. The van der Waals surface area contributed by atoms with Crippen LogP contribution in [0.3, 0.4) is 0 Å². The minimum Gasteiger partial charge on any atom is -0.497 e. The van der Waals surface area contributed by atoms with E-state index in [9.17, 15) is 4.79 Å². The van der Waals surface area contributed by atoms with Gasteiger partial charge >= 0.3 is 0 Å². The van der Waals surface area contributed by atoms with Crippen LogP contribution < -0.4 is 14.2 Å². The molecule has 0 saturated carbocycles. The Morgan fingerprint density at radius 2 is 1.62 bits per heavy atom. The fourth-order valence-electron chi connectivity index (χ4n) is 2.92. The van der Waals surface area contributed by atoms with E-state index in [1.807, 2.05) is 42.5 Å². The fourth-order valence-corrected chi connectivity index (χ4v) is 2.92. The summed E-state index contributed by atoms with van der Waals surface area (Å²) in [6, 6.07) is 17.1. The molecule has 0 unspecified atom stereocenters. The molecule has 0 atom stereocenters. The third kappa shape index (κ3) is 5.15. The quantitative estimate of drug-likeness (QED) is 0.298. The largest absolute Gasteiger partial charge is 0.497 e. The zero-order chi connectivity index (χ0) is 20.6. The van der Waals surface area contributed by atoms with Gasteiger partial charge in [0.2, 0.25) is 0 Å². The van der Waals surface area contributed by atoms with Gasteiger partial charge in [-0.05, 0) is 58.8 Å². The summed E-state index contributed by atoms with van der Waals surface area (Å²) in [5.74, 6) is 1.80. The molecule has 0 radical (unpaired) electrons. The Bertz CT molecular complexity index is 1020. The molecule has 0 aliphatic heterocycles. The van der Waals surface area contributed by atoms with Gasteiger partial charge in [0.1, 0.15) is 12.4 Å². The van der Waals surface area contributed by atoms with Gasteiger partial charge in [-0.3, -0.25) is 4.79 Å². The Morgan fingerprint density at radius 1 is 0.828 bits per heavy atom. The van der Waals surface area contributed by atoms with Crippen molar-refractivity contribution in [3.05, 3.63) is 71.8 Å². The van der Waals surface area contributed by atoms with Crippen molar-refractivity contribution >= 4 is 22.6 Å². The summed E-state index contributed by atoms with van der Waals surface area (Å²) < 4.78 is 21.2. The monoisotopic (exact) mass is 392 g/mol. The number of ketones is 1. The Labute approximate surface area is 170 Å². The molecule has 0 fully saturated rings. The van der Waals surface area contributed by atoms with E-state index in [0.717, 1.165) is 22.1 Å². The highest BCUT2D eigenvalue weighted by molar-refractivity contribution is 6.07. The van der Waals surface area contributed by atoms with E-state index in [-0.39, 0.29) is 5.78 Å². The average Bonchev–Trinajstić information content (AvgIpc) is 2.77. The predicted molar refractivity (Wildman–Crippen MR) is 114 cm³/mol. The zero-order valence-corrected chi connectivity index (χ0v) is 16.8. The van der Waals surface area contributed by atoms with Gasteiger partial charge in [0.25, 0.3) is 0 Å². The SMILES string of the molecule is COCCOc1ccc(C(=O)/C=C/c2ccc3cc(OC)ccc3c2)cc1OC. The highest BCUT2D eigenvalue weighted by Gasteiger charge is 2.09. The van der Waals surface area contributed by atoms with E-state index < -0.39 is 0 Å². The molecular weight excluding hydrogens is 368 g/mol.